The first-order valence-electron chi connectivity index (χ1n) is 4.05. The number of thioether (sulfide) groups is 1. The van der Waals surface area contributed by atoms with E-state index in [-0.39, 0.29) is 4.87 Å². The molecule has 1 aliphatic heterocycles. The Hall–Kier alpha value is 0.270. The fraction of sp³-hybridized carbons (Fsp3) is 1.00. The van der Waals surface area contributed by atoms with Gasteiger partial charge in [0, 0.05) is 13.1 Å². The third kappa shape index (κ3) is 2.36. The summed E-state index contributed by atoms with van der Waals surface area (Å²) in [5.41, 5.74) is 0. The summed E-state index contributed by atoms with van der Waals surface area (Å²) in [4.78, 5) is 2.75. The van der Waals surface area contributed by atoms with Crippen molar-refractivity contribution in [3.63, 3.8) is 0 Å². The average molecular weight is 175 g/mol. The van der Waals surface area contributed by atoms with E-state index >= 15 is 0 Å². The van der Waals surface area contributed by atoms with Crippen LogP contribution in [0.4, 0.5) is 0 Å². The summed E-state index contributed by atoms with van der Waals surface area (Å²) in [5.74, 6) is 0. The van der Waals surface area contributed by atoms with Crippen LogP contribution in [0.1, 0.15) is 13.8 Å². The van der Waals surface area contributed by atoms with Crippen LogP contribution in [0.2, 0.25) is 0 Å². The zero-order valence-electron chi connectivity index (χ0n) is 7.59. The van der Waals surface area contributed by atoms with E-state index in [1.165, 1.54) is 0 Å². The minimum Gasteiger partial charge on any atom is -0.379 e. The van der Waals surface area contributed by atoms with Crippen molar-refractivity contribution in [1.29, 1.82) is 0 Å². The molecular weight excluding hydrogens is 158 g/mol. The molecular formula is C8H17NOS. The maximum atomic E-state index is 5.29. The van der Waals surface area contributed by atoms with E-state index in [2.05, 4.69) is 25.0 Å². The van der Waals surface area contributed by atoms with Gasteiger partial charge in [0.1, 0.15) is 0 Å². The van der Waals surface area contributed by atoms with Gasteiger partial charge in [0.25, 0.3) is 0 Å². The molecule has 0 bridgehead atoms. The minimum absolute atomic E-state index is 0.282. The van der Waals surface area contributed by atoms with Gasteiger partial charge in [0.2, 0.25) is 0 Å². The van der Waals surface area contributed by atoms with Gasteiger partial charge in [0.05, 0.1) is 18.1 Å². The summed E-state index contributed by atoms with van der Waals surface area (Å²) in [6.45, 7) is 8.47. The Morgan fingerprint density at radius 2 is 1.82 bits per heavy atom. The Balaban J connectivity index is 2.43. The lowest BCUT2D eigenvalue weighted by molar-refractivity contribution is 0.0160. The van der Waals surface area contributed by atoms with E-state index in [9.17, 15) is 0 Å². The van der Waals surface area contributed by atoms with Gasteiger partial charge in [-0.2, -0.15) is 0 Å². The molecule has 1 rings (SSSR count). The van der Waals surface area contributed by atoms with Gasteiger partial charge in [-0.25, -0.2) is 0 Å². The summed E-state index contributed by atoms with van der Waals surface area (Å²) in [5, 5.41) is 0. The van der Waals surface area contributed by atoms with Crippen LogP contribution >= 0.6 is 11.8 Å². The second-order valence-corrected chi connectivity index (χ2v) is 4.66. The fourth-order valence-corrected chi connectivity index (χ4v) is 1.67. The fourth-order valence-electron chi connectivity index (χ4n) is 1.23. The third-order valence-electron chi connectivity index (χ3n) is 2.27. The van der Waals surface area contributed by atoms with Gasteiger partial charge >= 0.3 is 0 Å². The molecule has 11 heavy (non-hydrogen) atoms. The normalized spacial score (nSPS) is 22.1. The molecule has 0 aromatic carbocycles. The molecule has 0 radical (unpaired) electrons. The molecule has 3 heteroatoms. The van der Waals surface area contributed by atoms with Crippen LogP contribution in [0.15, 0.2) is 0 Å². The predicted octanol–water partition coefficient (Wildman–Crippen LogP) is 1.42. The van der Waals surface area contributed by atoms with Crippen LogP contribution in [-0.4, -0.2) is 42.3 Å². The molecule has 0 amide bonds. The summed E-state index contributed by atoms with van der Waals surface area (Å²) >= 11 is 1.90. The number of hydrogen-bond donors (Lipinski definition) is 0. The molecule has 2 nitrogen and oxygen atoms in total. The SMILES string of the molecule is CSC(C)(C)N1CCOCC1. The highest BCUT2D eigenvalue weighted by atomic mass is 32.2. The van der Waals surface area contributed by atoms with Crippen molar-refractivity contribution in [2.75, 3.05) is 32.6 Å². The predicted molar refractivity (Wildman–Crippen MR) is 50.0 cm³/mol. The molecule has 1 saturated heterocycles. The Kier molecular flexibility index (Phi) is 3.22. The van der Waals surface area contributed by atoms with Gasteiger partial charge in [0.15, 0.2) is 0 Å². The van der Waals surface area contributed by atoms with Crippen LogP contribution < -0.4 is 0 Å². The lowest BCUT2D eigenvalue weighted by atomic mass is 10.3. The maximum absolute atomic E-state index is 5.29. The molecule has 0 spiro atoms. The maximum Gasteiger partial charge on any atom is 0.0611 e. The minimum atomic E-state index is 0.282. The monoisotopic (exact) mass is 175 g/mol. The molecule has 1 heterocycles. The molecule has 0 aromatic heterocycles. The number of rotatable bonds is 2. The lowest BCUT2D eigenvalue weighted by Gasteiger charge is -2.39. The Morgan fingerprint density at radius 1 is 1.27 bits per heavy atom. The van der Waals surface area contributed by atoms with Crippen LogP contribution in [0.3, 0.4) is 0 Å². The van der Waals surface area contributed by atoms with E-state index in [1.807, 2.05) is 11.8 Å². The summed E-state index contributed by atoms with van der Waals surface area (Å²) in [6.07, 6.45) is 2.16. The van der Waals surface area contributed by atoms with Crippen molar-refractivity contribution in [2.45, 2.75) is 18.7 Å². The van der Waals surface area contributed by atoms with Crippen LogP contribution in [0, 0.1) is 0 Å². The molecule has 0 atom stereocenters. The molecule has 66 valence electrons. The molecule has 0 saturated carbocycles. The number of hydrogen-bond acceptors (Lipinski definition) is 3. The van der Waals surface area contributed by atoms with Crippen molar-refractivity contribution in [2.24, 2.45) is 0 Å². The first-order valence-corrected chi connectivity index (χ1v) is 5.27. The van der Waals surface area contributed by atoms with Crippen LogP contribution in [0.25, 0.3) is 0 Å². The lowest BCUT2D eigenvalue weighted by Crippen LogP contribution is -2.47. The highest BCUT2D eigenvalue weighted by molar-refractivity contribution is 7.99. The second kappa shape index (κ2) is 3.78. The Labute approximate surface area is 73.3 Å². The average Bonchev–Trinajstić information content (AvgIpc) is 2.06. The largest absolute Gasteiger partial charge is 0.379 e. The van der Waals surface area contributed by atoms with E-state index in [4.69, 9.17) is 4.74 Å². The van der Waals surface area contributed by atoms with E-state index in [0.717, 1.165) is 26.3 Å². The van der Waals surface area contributed by atoms with Crippen molar-refractivity contribution in [3.05, 3.63) is 0 Å². The van der Waals surface area contributed by atoms with Gasteiger partial charge < -0.3 is 4.74 Å². The molecule has 0 aliphatic carbocycles. The first kappa shape index (κ1) is 9.36. The zero-order chi connectivity index (χ0) is 8.32. The molecule has 1 aliphatic rings. The summed E-state index contributed by atoms with van der Waals surface area (Å²) in [6, 6.07) is 0. The van der Waals surface area contributed by atoms with Gasteiger partial charge in [-0.05, 0) is 20.1 Å². The van der Waals surface area contributed by atoms with Crippen LogP contribution in [-0.2, 0) is 4.74 Å². The summed E-state index contributed by atoms with van der Waals surface area (Å²) < 4.78 is 5.29. The molecule has 1 fully saturated rings. The Bertz CT molecular complexity index is 121. The van der Waals surface area contributed by atoms with Crippen molar-refractivity contribution in [1.82, 2.24) is 4.90 Å². The van der Waals surface area contributed by atoms with Crippen molar-refractivity contribution >= 4 is 11.8 Å². The van der Waals surface area contributed by atoms with Gasteiger partial charge in [-0.1, -0.05) is 0 Å². The highest BCUT2D eigenvalue weighted by Gasteiger charge is 2.26. The Morgan fingerprint density at radius 3 is 2.27 bits per heavy atom. The second-order valence-electron chi connectivity index (χ2n) is 3.25. The first-order chi connectivity index (χ1) is 5.17. The van der Waals surface area contributed by atoms with E-state index in [0.29, 0.717) is 0 Å². The van der Waals surface area contributed by atoms with Gasteiger partial charge in [-0.3, -0.25) is 4.90 Å². The highest BCUT2D eigenvalue weighted by Crippen LogP contribution is 2.26. The smallest absolute Gasteiger partial charge is 0.0611 e. The van der Waals surface area contributed by atoms with E-state index in [1.54, 1.807) is 0 Å². The standard InChI is InChI=1S/C8H17NOS/c1-8(2,11-3)9-4-6-10-7-5-9/h4-7H2,1-3H3. The van der Waals surface area contributed by atoms with Crippen molar-refractivity contribution < 1.29 is 4.74 Å². The molecule has 0 aromatic rings. The molecule has 0 unspecified atom stereocenters. The number of morpholine rings is 1. The van der Waals surface area contributed by atoms with E-state index < -0.39 is 0 Å². The zero-order valence-corrected chi connectivity index (χ0v) is 8.41. The summed E-state index contributed by atoms with van der Waals surface area (Å²) in [7, 11) is 0. The topological polar surface area (TPSA) is 12.5 Å². The van der Waals surface area contributed by atoms with Gasteiger partial charge in [-0.15, -0.1) is 11.8 Å². The van der Waals surface area contributed by atoms with Crippen molar-refractivity contribution in [3.8, 4) is 0 Å². The molecule has 0 N–H and O–H groups in total. The quantitative estimate of drug-likeness (QED) is 0.630. The number of nitrogens with zero attached hydrogens (tertiary/aromatic N) is 1. The third-order valence-corrected chi connectivity index (χ3v) is 3.53. The van der Waals surface area contributed by atoms with Crippen LogP contribution in [0.5, 0.6) is 0 Å². The number of ether oxygens (including phenoxy) is 1.